The highest BCUT2D eigenvalue weighted by molar-refractivity contribution is 5.47. The van der Waals surface area contributed by atoms with Crippen LogP contribution < -0.4 is 9.47 Å². The molecular formula is C31H48O4. The zero-order valence-corrected chi connectivity index (χ0v) is 23.5. The summed E-state index contributed by atoms with van der Waals surface area (Å²) in [5.41, 5.74) is 7.86. The number of aryl methyl sites for hydroxylation is 1. The second-order valence-electron chi connectivity index (χ2n) is 9.58. The van der Waals surface area contributed by atoms with Crippen LogP contribution in [0.3, 0.4) is 0 Å². The van der Waals surface area contributed by atoms with E-state index in [-0.39, 0.29) is 13.6 Å². The smallest absolute Gasteiger partial charge is 0.188 e. The Balaban J connectivity index is 2.62. The van der Waals surface area contributed by atoms with Gasteiger partial charge in [-0.05, 0) is 104 Å². The van der Waals surface area contributed by atoms with Crippen LogP contribution in [-0.4, -0.2) is 27.8 Å². The molecule has 0 amide bonds. The minimum absolute atomic E-state index is 0.225. The quantitative estimate of drug-likeness (QED) is 0.164. The number of allylic oxidation sites excluding steroid dienone is 8. The molecule has 0 bridgehead atoms. The van der Waals surface area contributed by atoms with Gasteiger partial charge >= 0.3 is 0 Å². The summed E-state index contributed by atoms with van der Waals surface area (Å²) >= 11 is 0. The number of methoxy groups -OCH3 is 2. The van der Waals surface area contributed by atoms with Crippen molar-refractivity contribution in [2.45, 2.75) is 86.5 Å². The van der Waals surface area contributed by atoms with Gasteiger partial charge in [0.15, 0.2) is 13.6 Å². The van der Waals surface area contributed by atoms with Gasteiger partial charge in [-0.2, -0.15) is 0 Å². The average molecular weight is 485 g/mol. The maximum atomic E-state index is 5.85. The van der Waals surface area contributed by atoms with Crippen LogP contribution in [0.2, 0.25) is 0 Å². The molecule has 1 rings (SSSR count). The van der Waals surface area contributed by atoms with E-state index in [4.69, 9.17) is 18.9 Å². The van der Waals surface area contributed by atoms with Crippen LogP contribution in [0.4, 0.5) is 0 Å². The van der Waals surface area contributed by atoms with Crippen molar-refractivity contribution >= 4 is 0 Å². The predicted molar refractivity (Wildman–Crippen MR) is 148 cm³/mol. The minimum Gasteiger partial charge on any atom is -0.468 e. The van der Waals surface area contributed by atoms with Gasteiger partial charge in [-0.15, -0.1) is 0 Å². The number of benzene rings is 1. The highest BCUT2D eigenvalue weighted by atomic mass is 16.7. The van der Waals surface area contributed by atoms with E-state index in [9.17, 15) is 0 Å². The molecule has 0 aliphatic carbocycles. The zero-order chi connectivity index (χ0) is 26.1. The van der Waals surface area contributed by atoms with Crippen LogP contribution in [0.1, 0.15) is 84.3 Å². The normalized spacial score (nSPS) is 12.6. The summed E-state index contributed by atoms with van der Waals surface area (Å²) in [5.74, 6) is 1.65. The van der Waals surface area contributed by atoms with Crippen molar-refractivity contribution < 1.29 is 18.9 Å². The van der Waals surface area contributed by atoms with E-state index in [0.29, 0.717) is 0 Å². The fourth-order valence-corrected chi connectivity index (χ4v) is 3.77. The van der Waals surface area contributed by atoms with Crippen LogP contribution >= 0.6 is 0 Å². The Hall–Kier alpha value is -2.30. The molecule has 0 fully saturated rings. The van der Waals surface area contributed by atoms with Gasteiger partial charge in [0.2, 0.25) is 0 Å². The average Bonchev–Trinajstić information content (AvgIpc) is 2.80. The highest BCUT2D eigenvalue weighted by Gasteiger charge is 2.10. The fourth-order valence-electron chi connectivity index (χ4n) is 3.77. The number of rotatable bonds is 17. The lowest BCUT2D eigenvalue weighted by Crippen LogP contribution is -2.05. The Morgan fingerprint density at radius 1 is 0.686 bits per heavy atom. The van der Waals surface area contributed by atoms with E-state index < -0.39 is 0 Å². The summed E-state index contributed by atoms with van der Waals surface area (Å²) in [6.45, 7) is 13.5. The monoisotopic (exact) mass is 484 g/mol. The van der Waals surface area contributed by atoms with Crippen molar-refractivity contribution in [3.63, 3.8) is 0 Å². The maximum absolute atomic E-state index is 5.85. The lowest BCUT2D eigenvalue weighted by Gasteiger charge is -2.15. The maximum Gasteiger partial charge on any atom is 0.188 e. The Labute approximate surface area is 214 Å². The number of ether oxygens (including phenoxy) is 4. The molecule has 0 N–H and O–H groups in total. The minimum atomic E-state index is 0.225. The first kappa shape index (κ1) is 30.7. The van der Waals surface area contributed by atoms with Crippen LogP contribution in [0, 0.1) is 6.92 Å². The molecule has 0 unspecified atom stereocenters. The third-order valence-electron chi connectivity index (χ3n) is 5.81. The molecule has 0 atom stereocenters. The van der Waals surface area contributed by atoms with Crippen molar-refractivity contribution in [3.05, 3.63) is 69.9 Å². The summed E-state index contributed by atoms with van der Waals surface area (Å²) in [7, 11) is 3.26. The molecule has 0 heterocycles. The van der Waals surface area contributed by atoms with Crippen molar-refractivity contribution in [2.24, 2.45) is 0 Å². The summed E-state index contributed by atoms with van der Waals surface area (Å²) < 4.78 is 21.7. The molecule has 0 spiro atoms. The Morgan fingerprint density at radius 2 is 1.20 bits per heavy atom. The van der Waals surface area contributed by atoms with Crippen LogP contribution in [0.15, 0.2) is 58.7 Å². The van der Waals surface area contributed by atoms with Crippen molar-refractivity contribution in [1.82, 2.24) is 0 Å². The Kier molecular flexibility index (Phi) is 15.8. The van der Waals surface area contributed by atoms with Crippen LogP contribution in [0.5, 0.6) is 11.5 Å². The van der Waals surface area contributed by atoms with Gasteiger partial charge < -0.3 is 18.9 Å². The summed E-state index contributed by atoms with van der Waals surface area (Å²) in [6.07, 6.45) is 16.9. The van der Waals surface area contributed by atoms with Gasteiger partial charge in [0, 0.05) is 19.8 Å². The third-order valence-corrected chi connectivity index (χ3v) is 5.81. The predicted octanol–water partition coefficient (Wildman–Crippen LogP) is 8.65. The molecule has 4 heteroatoms. The van der Waals surface area contributed by atoms with Gasteiger partial charge in [0.25, 0.3) is 0 Å². The van der Waals surface area contributed by atoms with E-state index in [1.165, 1.54) is 22.3 Å². The second-order valence-corrected chi connectivity index (χ2v) is 9.58. The highest BCUT2D eigenvalue weighted by Crippen LogP contribution is 2.30. The van der Waals surface area contributed by atoms with E-state index in [1.807, 2.05) is 19.1 Å². The van der Waals surface area contributed by atoms with E-state index >= 15 is 0 Å². The fraction of sp³-hybridized carbons (Fsp3) is 0.548. The van der Waals surface area contributed by atoms with Crippen LogP contribution in [-0.2, 0) is 15.9 Å². The van der Waals surface area contributed by atoms with E-state index in [1.54, 1.807) is 14.2 Å². The van der Waals surface area contributed by atoms with Gasteiger partial charge in [-0.3, -0.25) is 0 Å². The lowest BCUT2D eigenvalue weighted by molar-refractivity contribution is 0.0474. The van der Waals surface area contributed by atoms with Crippen molar-refractivity contribution in [3.8, 4) is 11.5 Å². The first-order chi connectivity index (χ1) is 16.8. The third kappa shape index (κ3) is 14.0. The first-order valence-corrected chi connectivity index (χ1v) is 12.7. The molecular weight excluding hydrogens is 436 g/mol. The lowest BCUT2D eigenvalue weighted by atomic mass is 10.0. The van der Waals surface area contributed by atoms with Crippen molar-refractivity contribution in [2.75, 3.05) is 27.8 Å². The second kappa shape index (κ2) is 18.0. The van der Waals surface area contributed by atoms with Gasteiger partial charge in [0.05, 0.1) is 0 Å². The molecule has 0 saturated carbocycles. The molecule has 0 aliphatic heterocycles. The summed E-state index contributed by atoms with van der Waals surface area (Å²) in [4.78, 5) is 0. The van der Waals surface area contributed by atoms with Gasteiger partial charge in [-0.25, -0.2) is 0 Å². The molecule has 4 nitrogen and oxygen atoms in total. The standard InChI is InChI=1S/C31H48O4/c1-24(2)12-9-13-25(3)14-10-15-26(4)16-11-17-27(5)18-19-29-21-30(34-22-32-7)20-28(6)31(29)35-23-33-8/h12,14,16,18,20-21H,9-11,13,15,17,19,22-23H2,1-8H3/b25-14+,26-16+,27-18+. The molecule has 196 valence electrons. The molecule has 1 aromatic rings. The summed E-state index contributed by atoms with van der Waals surface area (Å²) in [5, 5.41) is 0. The zero-order valence-electron chi connectivity index (χ0n) is 23.5. The number of hydrogen-bond acceptors (Lipinski definition) is 4. The topological polar surface area (TPSA) is 36.9 Å². The molecule has 0 aliphatic rings. The largest absolute Gasteiger partial charge is 0.468 e. The van der Waals surface area contributed by atoms with Gasteiger partial charge in [0.1, 0.15) is 11.5 Å². The molecule has 1 aromatic carbocycles. The van der Waals surface area contributed by atoms with Crippen LogP contribution in [0.25, 0.3) is 0 Å². The van der Waals surface area contributed by atoms with Crippen molar-refractivity contribution in [1.29, 1.82) is 0 Å². The SMILES string of the molecule is COCOc1cc(C)c(OCOC)c(C/C=C(\C)CC/C=C(\C)CC/C=C(\C)CCC=C(C)C)c1. The first-order valence-electron chi connectivity index (χ1n) is 12.7. The number of hydrogen-bond donors (Lipinski definition) is 0. The molecule has 0 radical (unpaired) electrons. The van der Waals surface area contributed by atoms with E-state index in [0.717, 1.165) is 67.6 Å². The van der Waals surface area contributed by atoms with E-state index in [2.05, 4.69) is 58.9 Å². The Morgan fingerprint density at radius 3 is 1.74 bits per heavy atom. The molecule has 0 saturated heterocycles. The Bertz CT molecular complexity index is 870. The molecule has 0 aromatic heterocycles. The summed E-state index contributed by atoms with van der Waals surface area (Å²) in [6, 6.07) is 4.00. The molecule has 35 heavy (non-hydrogen) atoms. The van der Waals surface area contributed by atoms with Gasteiger partial charge in [-0.1, -0.05) is 46.6 Å².